The summed E-state index contributed by atoms with van der Waals surface area (Å²) in [5, 5.41) is 4.99. The van der Waals surface area contributed by atoms with Crippen molar-refractivity contribution in [2.75, 3.05) is 6.54 Å². The van der Waals surface area contributed by atoms with E-state index in [2.05, 4.69) is 10.1 Å². The lowest BCUT2D eigenvalue weighted by Gasteiger charge is -1.99. The predicted molar refractivity (Wildman–Crippen MR) is 59.1 cm³/mol. The highest BCUT2D eigenvalue weighted by atomic mass is 35.5. The highest BCUT2D eigenvalue weighted by Gasteiger charge is 2.01. The number of rotatable bonds is 3. The number of hydrogen-bond acceptors (Lipinski definition) is 3. The van der Waals surface area contributed by atoms with Crippen molar-refractivity contribution in [1.29, 1.82) is 0 Å². The van der Waals surface area contributed by atoms with Crippen molar-refractivity contribution >= 4 is 11.6 Å². The number of hydrogen-bond donors (Lipinski definition) is 1. The predicted octanol–water partition coefficient (Wildman–Crippen LogP) is 1.42. The van der Waals surface area contributed by atoms with Crippen LogP contribution in [0.15, 0.2) is 30.6 Å². The van der Waals surface area contributed by atoms with Crippen molar-refractivity contribution in [3.05, 3.63) is 41.4 Å². The van der Waals surface area contributed by atoms with Crippen LogP contribution in [0, 0.1) is 0 Å². The average molecular weight is 223 g/mol. The molecular weight excluding hydrogens is 212 g/mol. The molecule has 2 rings (SSSR count). The molecule has 0 radical (unpaired) electrons. The van der Waals surface area contributed by atoms with Gasteiger partial charge in [-0.15, -0.1) is 0 Å². The highest BCUT2D eigenvalue weighted by molar-refractivity contribution is 6.30. The Morgan fingerprint density at radius 1 is 1.27 bits per heavy atom. The summed E-state index contributed by atoms with van der Waals surface area (Å²) in [6, 6.07) is 7.43. The molecule has 2 N–H and O–H groups in total. The van der Waals surface area contributed by atoms with E-state index >= 15 is 0 Å². The Kier molecular flexibility index (Phi) is 2.99. The maximum absolute atomic E-state index is 5.79. The van der Waals surface area contributed by atoms with E-state index in [1.807, 2.05) is 24.3 Å². The Bertz CT molecular complexity index is 435. The van der Waals surface area contributed by atoms with Gasteiger partial charge in [0.1, 0.15) is 6.33 Å². The summed E-state index contributed by atoms with van der Waals surface area (Å²) in [5.74, 6) is 0.757. The fourth-order valence-corrected chi connectivity index (χ4v) is 1.39. The second kappa shape index (κ2) is 4.42. The van der Waals surface area contributed by atoms with Crippen molar-refractivity contribution in [3.8, 4) is 5.69 Å². The second-order valence-electron chi connectivity index (χ2n) is 3.12. The molecule has 1 aromatic carbocycles. The summed E-state index contributed by atoms with van der Waals surface area (Å²) < 4.78 is 1.71. The monoisotopic (exact) mass is 222 g/mol. The number of aromatic nitrogens is 3. The molecule has 0 atom stereocenters. The molecule has 0 amide bonds. The van der Waals surface area contributed by atoms with Crippen LogP contribution < -0.4 is 5.73 Å². The first-order chi connectivity index (χ1) is 7.29. The Balaban J connectivity index is 2.25. The highest BCUT2D eigenvalue weighted by Crippen LogP contribution is 2.12. The molecule has 0 saturated carbocycles. The molecule has 0 bridgehead atoms. The van der Waals surface area contributed by atoms with Gasteiger partial charge in [-0.1, -0.05) is 11.6 Å². The number of nitrogens with two attached hydrogens (primary N) is 1. The zero-order valence-electron chi connectivity index (χ0n) is 8.10. The Morgan fingerprint density at radius 3 is 2.67 bits per heavy atom. The molecule has 1 heterocycles. The van der Waals surface area contributed by atoms with Crippen molar-refractivity contribution < 1.29 is 0 Å². The molecule has 0 unspecified atom stereocenters. The van der Waals surface area contributed by atoms with Crippen molar-refractivity contribution in [2.24, 2.45) is 5.73 Å². The zero-order chi connectivity index (χ0) is 10.7. The molecule has 4 nitrogen and oxygen atoms in total. The maximum Gasteiger partial charge on any atom is 0.152 e. The van der Waals surface area contributed by atoms with Gasteiger partial charge >= 0.3 is 0 Å². The van der Waals surface area contributed by atoms with Crippen molar-refractivity contribution in [1.82, 2.24) is 14.8 Å². The fourth-order valence-electron chi connectivity index (χ4n) is 1.26. The third-order valence-corrected chi connectivity index (χ3v) is 2.25. The topological polar surface area (TPSA) is 56.7 Å². The first-order valence-electron chi connectivity index (χ1n) is 4.66. The van der Waals surface area contributed by atoms with Gasteiger partial charge in [0.05, 0.1) is 5.69 Å². The summed E-state index contributed by atoms with van der Waals surface area (Å²) in [7, 11) is 0. The van der Waals surface area contributed by atoms with E-state index in [1.165, 1.54) is 0 Å². The van der Waals surface area contributed by atoms with Crippen LogP contribution in [0.25, 0.3) is 5.69 Å². The molecule has 0 aliphatic heterocycles. The standard InChI is InChI=1S/C10H11ClN4/c11-8-1-3-9(4-2-8)15-7-13-10(14-15)5-6-12/h1-4,7H,5-6,12H2. The SMILES string of the molecule is NCCc1ncn(-c2ccc(Cl)cc2)n1. The molecular formula is C10H11ClN4. The number of nitrogens with zero attached hydrogens (tertiary/aromatic N) is 3. The number of benzene rings is 1. The van der Waals surface area contributed by atoms with E-state index in [-0.39, 0.29) is 0 Å². The molecule has 78 valence electrons. The van der Waals surface area contributed by atoms with E-state index in [0.29, 0.717) is 18.0 Å². The first-order valence-corrected chi connectivity index (χ1v) is 5.04. The smallest absolute Gasteiger partial charge is 0.152 e. The lowest BCUT2D eigenvalue weighted by Crippen LogP contribution is -2.04. The zero-order valence-corrected chi connectivity index (χ0v) is 8.85. The van der Waals surface area contributed by atoms with E-state index in [9.17, 15) is 0 Å². The van der Waals surface area contributed by atoms with E-state index < -0.39 is 0 Å². The van der Waals surface area contributed by atoms with Crippen LogP contribution in [0.4, 0.5) is 0 Å². The maximum atomic E-state index is 5.79. The lowest BCUT2D eigenvalue weighted by atomic mass is 10.3. The molecule has 0 aliphatic carbocycles. The average Bonchev–Trinajstić information content (AvgIpc) is 2.68. The first kappa shape index (κ1) is 10.1. The van der Waals surface area contributed by atoms with Gasteiger partial charge in [-0.05, 0) is 30.8 Å². The van der Waals surface area contributed by atoms with Gasteiger partial charge in [0.25, 0.3) is 0 Å². The normalized spacial score (nSPS) is 10.5. The van der Waals surface area contributed by atoms with Gasteiger partial charge in [0, 0.05) is 11.4 Å². The van der Waals surface area contributed by atoms with Crippen LogP contribution in [0.3, 0.4) is 0 Å². The molecule has 0 saturated heterocycles. The minimum atomic E-state index is 0.560. The van der Waals surface area contributed by atoms with Crippen LogP contribution in [0.1, 0.15) is 5.82 Å². The van der Waals surface area contributed by atoms with Gasteiger partial charge in [0.15, 0.2) is 5.82 Å². The van der Waals surface area contributed by atoms with Crippen LogP contribution in [0.2, 0.25) is 5.02 Å². The van der Waals surface area contributed by atoms with E-state index in [0.717, 1.165) is 11.5 Å². The van der Waals surface area contributed by atoms with Crippen LogP contribution in [-0.4, -0.2) is 21.3 Å². The van der Waals surface area contributed by atoms with E-state index in [4.69, 9.17) is 17.3 Å². The third-order valence-electron chi connectivity index (χ3n) is 2.00. The third kappa shape index (κ3) is 2.34. The summed E-state index contributed by atoms with van der Waals surface area (Å²) >= 11 is 5.79. The number of halogens is 1. The lowest BCUT2D eigenvalue weighted by molar-refractivity contribution is 0.816. The summed E-state index contributed by atoms with van der Waals surface area (Å²) in [6.45, 7) is 0.560. The molecule has 5 heteroatoms. The molecule has 0 spiro atoms. The summed E-state index contributed by atoms with van der Waals surface area (Å²) in [6.07, 6.45) is 2.37. The molecule has 0 aliphatic rings. The minimum absolute atomic E-state index is 0.560. The largest absolute Gasteiger partial charge is 0.330 e. The summed E-state index contributed by atoms with van der Waals surface area (Å²) in [4.78, 5) is 4.14. The fraction of sp³-hybridized carbons (Fsp3) is 0.200. The Hall–Kier alpha value is -1.39. The molecule has 0 fully saturated rings. The van der Waals surface area contributed by atoms with Gasteiger partial charge in [0.2, 0.25) is 0 Å². The van der Waals surface area contributed by atoms with Crippen molar-refractivity contribution in [3.63, 3.8) is 0 Å². The van der Waals surface area contributed by atoms with Gasteiger partial charge < -0.3 is 5.73 Å². The van der Waals surface area contributed by atoms with Gasteiger partial charge in [-0.25, -0.2) is 9.67 Å². The quantitative estimate of drug-likeness (QED) is 0.855. The molecule has 1 aromatic heterocycles. The van der Waals surface area contributed by atoms with Crippen LogP contribution >= 0.6 is 11.6 Å². The second-order valence-corrected chi connectivity index (χ2v) is 3.56. The van der Waals surface area contributed by atoms with Crippen molar-refractivity contribution in [2.45, 2.75) is 6.42 Å². The Labute approximate surface area is 92.7 Å². The van der Waals surface area contributed by atoms with Crippen LogP contribution in [0.5, 0.6) is 0 Å². The summed E-state index contributed by atoms with van der Waals surface area (Å²) in [5.41, 5.74) is 6.36. The molecule has 15 heavy (non-hydrogen) atoms. The Morgan fingerprint density at radius 2 is 2.00 bits per heavy atom. The molecule has 2 aromatic rings. The van der Waals surface area contributed by atoms with Crippen LogP contribution in [-0.2, 0) is 6.42 Å². The van der Waals surface area contributed by atoms with Gasteiger partial charge in [-0.3, -0.25) is 0 Å². The van der Waals surface area contributed by atoms with E-state index in [1.54, 1.807) is 11.0 Å². The van der Waals surface area contributed by atoms with Gasteiger partial charge in [-0.2, -0.15) is 5.10 Å². The minimum Gasteiger partial charge on any atom is -0.330 e.